The molecule has 0 saturated heterocycles. The number of carbonyl (C=O) groups is 1. The maximum atomic E-state index is 12.4. The molecule has 1 aliphatic heterocycles. The van der Waals surface area contributed by atoms with Crippen LogP contribution >= 0.6 is 0 Å². The lowest BCUT2D eigenvalue weighted by Crippen LogP contribution is -2.42. The van der Waals surface area contributed by atoms with Gasteiger partial charge in [-0.15, -0.1) is 0 Å². The van der Waals surface area contributed by atoms with Gasteiger partial charge in [-0.1, -0.05) is 32.0 Å². The number of hydrogen-bond donors (Lipinski definition) is 0. The van der Waals surface area contributed by atoms with Crippen molar-refractivity contribution in [3.8, 4) is 0 Å². The molecule has 1 unspecified atom stereocenters. The second-order valence-corrected chi connectivity index (χ2v) is 7.21. The van der Waals surface area contributed by atoms with Crippen molar-refractivity contribution < 1.29 is 9.53 Å². The van der Waals surface area contributed by atoms with Crippen molar-refractivity contribution in [3.05, 3.63) is 34.9 Å². The predicted octanol–water partition coefficient (Wildman–Crippen LogP) is 4.66. The van der Waals surface area contributed by atoms with Crippen LogP contribution in [0.2, 0.25) is 0 Å². The van der Waals surface area contributed by atoms with Gasteiger partial charge in [-0.2, -0.15) is 0 Å². The summed E-state index contributed by atoms with van der Waals surface area (Å²) in [6, 6.07) is 6.75. The van der Waals surface area contributed by atoms with Crippen LogP contribution in [0.4, 0.5) is 4.79 Å². The first-order valence-corrected chi connectivity index (χ1v) is 7.81. The molecule has 0 saturated carbocycles. The second kappa shape index (κ2) is 5.70. The average molecular weight is 289 g/mol. The summed E-state index contributed by atoms with van der Waals surface area (Å²) in [5.41, 5.74) is 3.49. The molecule has 3 heteroatoms. The largest absolute Gasteiger partial charge is 0.444 e. The molecule has 21 heavy (non-hydrogen) atoms. The fourth-order valence-electron chi connectivity index (χ4n) is 2.76. The van der Waals surface area contributed by atoms with E-state index in [0.717, 1.165) is 13.0 Å². The van der Waals surface area contributed by atoms with Crippen molar-refractivity contribution in [2.24, 2.45) is 0 Å². The van der Waals surface area contributed by atoms with Crippen molar-refractivity contribution in [2.45, 2.75) is 65.5 Å². The molecule has 0 aliphatic carbocycles. The van der Waals surface area contributed by atoms with Crippen LogP contribution in [0.25, 0.3) is 0 Å². The Morgan fingerprint density at radius 3 is 2.57 bits per heavy atom. The lowest BCUT2D eigenvalue weighted by Gasteiger charge is -2.36. The van der Waals surface area contributed by atoms with E-state index in [0.29, 0.717) is 5.92 Å². The van der Waals surface area contributed by atoms with Gasteiger partial charge in [-0.05, 0) is 56.7 Å². The van der Waals surface area contributed by atoms with E-state index in [-0.39, 0.29) is 12.1 Å². The minimum absolute atomic E-state index is 0.0716. The number of ether oxygens (including phenoxy) is 1. The summed E-state index contributed by atoms with van der Waals surface area (Å²) in [5, 5.41) is 0. The minimum Gasteiger partial charge on any atom is -0.444 e. The van der Waals surface area contributed by atoms with Crippen molar-refractivity contribution >= 4 is 6.09 Å². The zero-order valence-electron chi connectivity index (χ0n) is 14.1. The molecule has 0 fully saturated rings. The highest BCUT2D eigenvalue weighted by molar-refractivity contribution is 5.69. The Bertz CT molecular complexity index is 529. The van der Waals surface area contributed by atoms with Crippen LogP contribution < -0.4 is 0 Å². The molecule has 2 rings (SSSR count). The van der Waals surface area contributed by atoms with Crippen molar-refractivity contribution in [3.63, 3.8) is 0 Å². The van der Waals surface area contributed by atoms with Gasteiger partial charge in [0.15, 0.2) is 0 Å². The van der Waals surface area contributed by atoms with E-state index in [1.165, 1.54) is 16.7 Å². The third-order valence-electron chi connectivity index (χ3n) is 4.00. The number of fused-ring (bicyclic) bond motifs is 1. The van der Waals surface area contributed by atoms with E-state index in [9.17, 15) is 4.79 Å². The van der Waals surface area contributed by atoms with Gasteiger partial charge in [0, 0.05) is 6.54 Å². The summed E-state index contributed by atoms with van der Waals surface area (Å²) in [6.07, 6.45) is 0.688. The first-order chi connectivity index (χ1) is 9.69. The molecule has 0 radical (unpaired) electrons. The van der Waals surface area contributed by atoms with Crippen molar-refractivity contribution in [1.82, 2.24) is 4.90 Å². The highest BCUT2D eigenvalue weighted by Gasteiger charge is 2.31. The van der Waals surface area contributed by atoms with Crippen LogP contribution in [-0.2, 0) is 11.2 Å². The molecule has 116 valence electrons. The predicted molar refractivity (Wildman–Crippen MR) is 85.6 cm³/mol. The first kappa shape index (κ1) is 15.9. The summed E-state index contributed by atoms with van der Waals surface area (Å²) >= 11 is 0. The number of nitrogens with zero attached hydrogens (tertiary/aromatic N) is 1. The van der Waals surface area contributed by atoms with Gasteiger partial charge in [0.05, 0.1) is 6.04 Å². The van der Waals surface area contributed by atoms with Gasteiger partial charge in [-0.3, -0.25) is 0 Å². The number of rotatable bonds is 1. The van der Waals surface area contributed by atoms with Gasteiger partial charge in [0.1, 0.15) is 5.60 Å². The number of carbonyl (C=O) groups excluding carboxylic acids is 1. The molecule has 3 nitrogen and oxygen atoms in total. The van der Waals surface area contributed by atoms with Crippen LogP contribution in [0.1, 0.15) is 70.2 Å². The molecule has 1 heterocycles. The smallest absolute Gasteiger partial charge is 0.410 e. The lowest BCUT2D eigenvalue weighted by molar-refractivity contribution is 0.0159. The molecule has 0 bridgehead atoms. The zero-order chi connectivity index (χ0) is 15.8. The maximum Gasteiger partial charge on any atom is 0.410 e. The topological polar surface area (TPSA) is 29.5 Å². The van der Waals surface area contributed by atoms with E-state index in [1.807, 2.05) is 25.7 Å². The monoisotopic (exact) mass is 289 g/mol. The summed E-state index contributed by atoms with van der Waals surface area (Å²) in [6.45, 7) is 12.9. The highest BCUT2D eigenvalue weighted by atomic mass is 16.6. The SMILES string of the molecule is CC(C)c1ccc2c(c1)C(C)N(C(=O)OC(C)(C)C)CC2. The fraction of sp³-hybridized carbons (Fsp3) is 0.611. The van der Waals surface area contributed by atoms with Gasteiger partial charge < -0.3 is 9.64 Å². The first-order valence-electron chi connectivity index (χ1n) is 7.81. The molecular weight excluding hydrogens is 262 g/mol. The summed E-state index contributed by atoms with van der Waals surface area (Å²) in [4.78, 5) is 14.2. The van der Waals surface area contributed by atoms with Crippen LogP contribution in [0.5, 0.6) is 0 Å². The Balaban J connectivity index is 2.24. The van der Waals surface area contributed by atoms with Gasteiger partial charge in [0.25, 0.3) is 0 Å². The summed E-state index contributed by atoms with van der Waals surface area (Å²) < 4.78 is 5.53. The van der Waals surface area contributed by atoms with E-state index >= 15 is 0 Å². The maximum absolute atomic E-state index is 12.4. The summed E-state index contributed by atoms with van der Waals surface area (Å²) in [7, 11) is 0. The molecule has 1 aliphatic rings. The third-order valence-corrected chi connectivity index (χ3v) is 4.00. The van der Waals surface area contributed by atoms with Gasteiger partial charge in [0.2, 0.25) is 0 Å². The minimum atomic E-state index is -0.448. The normalized spacial score (nSPS) is 18.6. The summed E-state index contributed by atoms with van der Waals surface area (Å²) in [5.74, 6) is 0.499. The molecule has 1 aromatic carbocycles. The van der Waals surface area contributed by atoms with Crippen LogP contribution in [0, 0.1) is 0 Å². The average Bonchev–Trinajstić information content (AvgIpc) is 2.36. The van der Waals surface area contributed by atoms with E-state index in [1.54, 1.807) is 0 Å². The molecule has 1 aromatic rings. The third kappa shape index (κ3) is 3.58. The molecule has 1 amide bonds. The van der Waals surface area contributed by atoms with Crippen molar-refractivity contribution in [2.75, 3.05) is 6.54 Å². The van der Waals surface area contributed by atoms with Gasteiger partial charge >= 0.3 is 6.09 Å². The quantitative estimate of drug-likeness (QED) is 0.752. The second-order valence-electron chi connectivity index (χ2n) is 7.21. The standard InChI is InChI=1S/C18H27NO2/c1-12(2)15-8-7-14-9-10-19(13(3)16(14)11-15)17(20)21-18(4,5)6/h7-8,11-13H,9-10H2,1-6H3. The van der Waals surface area contributed by atoms with Crippen LogP contribution in [0.15, 0.2) is 18.2 Å². The van der Waals surface area contributed by atoms with E-state index < -0.39 is 5.60 Å². The van der Waals surface area contributed by atoms with Crippen LogP contribution in [0.3, 0.4) is 0 Å². The van der Waals surface area contributed by atoms with Crippen molar-refractivity contribution in [1.29, 1.82) is 0 Å². The van der Waals surface area contributed by atoms with Crippen LogP contribution in [-0.4, -0.2) is 23.1 Å². The Hall–Kier alpha value is -1.51. The molecule has 0 N–H and O–H groups in total. The van der Waals surface area contributed by atoms with E-state index in [2.05, 4.69) is 39.0 Å². The molecule has 0 spiro atoms. The number of benzene rings is 1. The Kier molecular flexibility index (Phi) is 4.31. The Labute approximate surface area is 128 Å². The van der Waals surface area contributed by atoms with Gasteiger partial charge in [-0.25, -0.2) is 4.79 Å². The van der Waals surface area contributed by atoms with E-state index in [4.69, 9.17) is 4.74 Å². The highest BCUT2D eigenvalue weighted by Crippen LogP contribution is 2.32. The molecule has 1 atom stereocenters. The lowest BCUT2D eigenvalue weighted by atomic mass is 9.89. The Morgan fingerprint density at radius 1 is 1.33 bits per heavy atom. The number of hydrogen-bond acceptors (Lipinski definition) is 2. The molecule has 0 aromatic heterocycles. The number of amides is 1. The molecular formula is C18H27NO2. The Morgan fingerprint density at radius 2 is 2.00 bits per heavy atom. The fourth-order valence-corrected chi connectivity index (χ4v) is 2.76. The zero-order valence-corrected chi connectivity index (χ0v) is 14.1.